The molecule has 7 heteroatoms. The van der Waals surface area contributed by atoms with Crippen molar-refractivity contribution in [3.05, 3.63) is 95.2 Å². The maximum absolute atomic E-state index is 14.3. The highest BCUT2D eigenvalue weighted by Crippen LogP contribution is 2.27. The Hall–Kier alpha value is -3.45. The number of rotatable bonds is 6. The van der Waals surface area contributed by atoms with Crippen molar-refractivity contribution < 1.29 is 8.78 Å². The molecule has 152 valence electrons. The Labute approximate surface area is 173 Å². The second-order valence-electron chi connectivity index (χ2n) is 7.11. The van der Waals surface area contributed by atoms with Gasteiger partial charge >= 0.3 is 0 Å². The zero-order valence-electron chi connectivity index (χ0n) is 16.7. The Morgan fingerprint density at radius 3 is 2.53 bits per heavy atom. The standard InChI is InChI=1S/C23H21F2N5/c1-15-5-3-4-6-20(15)23-17(11-26-12-19-13-27-16(2)10-28-19)14-30(29-23)22-8-7-18(24)9-21(22)25/h3-10,13-14,26H,11-12H2,1-2H3. The van der Waals surface area contributed by atoms with Crippen molar-refractivity contribution in [2.75, 3.05) is 0 Å². The minimum Gasteiger partial charge on any atom is -0.307 e. The highest BCUT2D eigenvalue weighted by molar-refractivity contribution is 5.66. The summed E-state index contributed by atoms with van der Waals surface area (Å²) < 4.78 is 29.1. The molecule has 1 N–H and O–H groups in total. The fourth-order valence-electron chi connectivity index (χ4n) is 3.23. The Morgan fingerprint density at radius 1 is 0.967 bits per heavy atom. The molecule has 0 saturated carbocycles. The van der Waals surface area contributed by atoms with E-state index in [1.54, 1.807) is 18.6 Å². The van der Waals surface area contributed by atoms with Crippen molar-refractivity contribution in [2.45, 2.75) is 26.9 Å². The van der Waals surface area contributed by atoms with Gasteiger partial charge in [-0.1, -0.05) is 24.3 Å². The molecule has 0 aliphatic heterocycles. The van der Waals surface area contributed by atoms with E-state index in [-0.39, 0.29) is 5.69 Å². The predicted octanol–water partition coefficient (Wildman–Crippen LogP) is 4.51. The molecule has 4 aromatic rings. The second-order valence-corrected chi connectivity index (χ2v) is 7.11. The first-order valence-corrected chi connectivity index (χ1v) is 9.59. The van der Waals surface area contributed by atoms with Crippen LogP contribution in [0.15, 0.2) is 61.1 Å². The Kier molecular flexibility index (Phi) is 5.63. The van der Waals surface area contributed by atoms with Gasteiger partial charge in [-0.25, -0.2) is 13.5 Å². The minimum atomic E-state index is -0.664. The lowest BCUT2D eigenvalue weighted by Crippen LogP contribution is -2.14. The number of hydrogen-bond donors (Lipinski definition) is 1. The Morgan fingerprint density at radius 2 is 1.80 bits per heavy atom. The van der Waals surface area contributed by atoms with E-state index in [2.05, 4.69) is 20.4 Å². The minimum absolute atomic E-state index is 0.196. The van der Waals surface area contributed by atoms with Crippen molar-refractivity contribution in [3.63, 3.8) is 0 Å². The van der Waals surface area contributed by atoms with Crippen LogP contribution >= 0.6 is 0 Å². The zero-order chi connectivity index (χ0) is 21.1. The van der Waals surface area contributed by atoms with E-state index in [0.29, 0.717) is 13.1 Å². The topological polar surface area (TPSA) is 55.6 Å². The van der Waals surface area contributed by atoms with E-state index >= 15 is 0 Å². The van der Waals surface area contributed by atoms with Crippen molar-refractivity contribution in [2.24, 2.45) is 0 Å². The molecule has 0 amide bonds. The number of benzene rings is 2. The Bertz CT molecular complexity index is 1170. The first-order valence-electron chi connectivity index (χ1n) is 9.59. The van der Waals surface area contributed by atoms with Crippen molar-refractivity contribution in [1.29, 1.82) is 0 Å². The van der Waals surface area contributed by atoms with Crippen molar-refractivity contribution in [3.8, 4) is 16.9 Å². The summed E-state index contributed by atoms with van der Waals surface area (Å²) in [7, 11) is 0. The molecule has 0 unspecified atom stereocenters. The monoisotopic (exact) mass is 405 g/mol. The molecule has 30 heavy (non-hydrogen) atoms. The summed E-state index contributed by atoms with van der Waals surface area (Å²) in [5.74, 6) is -1.29. The molecule has 0 bridgehead atoms. The van der Waals surface area contributed by atoms with Gasteiger partial charge in [-0.2, -0.15) is 5.10 Å². The maximum Gasteiger partial charge on any atom is 0.151 e. The molecule has 0 aliphatic rings. The number of hydrogen-bond acceptors (Lipinski definition) is 4. The SMILES string of the molecule is Cc1cnc(CNCc2cn(-c3ccc(F)cc3F)nc2-c2ccccc2C)cn1. The highest BCUT2D eigenvalue weighted by atomic mass is 19.1. The third kappa shape index (κ3) is 4.26. The van der Waals surface area contributed by atoms with E-state index < -0.39 is 11.6 Å². The summed E-state index contributed by atoms with van der Waals surface area (Å²) in [5, 5.41) is 7.97. The van der Waals surface area contributed by atoms with E-state index in [4.69, 9.17) is 0 Å². The summed E-state index contributed by atoms with van der Waals surface area (Å²) in [6, 6.07) is 11.4. The van der Waals surface area contributed by atoms with Gasteiger partial charge in [0.2, 0.25) is 0 Å². The van der Waals surface area contributed by atoms with Crippen molar-refractivity contribution in [1.82, 2.24) is 25.1 Å². The summed E-state index contributed by atoms with van der Waals surface area (Å²) in [6.45, 7) is 4.94. The van der Waals surface area contributed by atoms with Crippen LogP contribution in [0.4, 0.5) is 8.78 Å². The van der Waals surface area contributed by atoms with Crippen LogP contribution in [0.1, 0.15) is 22.5 Å². The fraction of sp³-hybridized carbons (Fsp3) is 0.174. The van der Waals surface area contributed by atoms with Gasteiger partial charge in [-0.3, -0.25) is 9.97 Å². The van der Waals surface area contributed by atoms with E-state index in [0.717, 1.165) is 39.8 Å². The molecule has 4 rings (SSSR count). The van der Waals surface area contributed by atoms with Crippen molar-refractivity contribution >= 4 is 0 Å². The van der Waals surface area contributed by atoms with Gasteiger partial charge < -0.3 is 5.32 Å². The smallest absolute Gasteiger partial charge is 0.151 e. The zero-order valence-corrected chi connectivity index (χ0v) is 16.7. The predicted molar refractivity (Wildman–Crippen MR) is 111 cm³/mol. The normalized spacial score (nSPS) is 11.1. The molecule has 0 atom stereocenters. The molecular formula is C23H21F2N5. The largest absolute Gasteiger partial charge is 0.307 e. The fourth-order valence-corrected chi connectivity index (χ4v) is 3.23. The molecule has 0 spiro atoms. The van der Waals surface area contributed by atoms with Gasteiger partial charge in [0.15, 0.2) is 5.82 Å². The third-order valence-corrected chi connectivity index (χ3v) is 4.80. The van der Waals surface area contributed by atoms with Crippen LogP contribution in [0.3, 0.4) is 0 Å². The Balaban J connectivity index is 1.66. The second kappa shape index (κ2) is 8.51. The maximum atomic E-state index is 14.3. The molecule has 2 aromatic carbocycles. The van der Waals surface area contributed by atoms with Crippen LogP contribution in [-0.4, -0.2) is 19.7 Å². The number of nitrogens with one attached hydrogen (secondary N) is 1. The lowest BCUT2D eigenvalue weighted by atomic mass is 10.0. The van der Waals surface area contributed by atoms with Gasteiger partial charge in [0.1, 0.15) is 11.5 Å². The highest BCUT2D eigenvalue weighted by Gasteiger charge is 2.16. The first-order chi connectivity index (χ1) is 14.5. The van der Waals surface area contributed by atoms with E-state index in [9.17, 15) is 8.78 Å². The third-order valence-electron chi connectivity index (χ3n) is 4.80. The molecule has 0 aliphatic carbocycles. The van der Waals surface area contributed by atoms with Gasteiger partial charge in [0.25, 0.3) is 0 Å². The average Bonchev–Trinajstić information content (AvgIpc) is 3.13. The molecule has 0 saturated heterocycles. The average molecular weight is 405 g/mol. The van der Waals surface area contributed by atoms with Crippen LogP contribution in [0.25, 0.3) is 16.9 Å². The number of nitrogens with zero attached hydrogens (tertiary/aromatic N) is 4. The number of aryl methyl sites for hydroxylation is 2. The number of halogens is 2. The van der Waals surface area contributed by atoms with Crippen LogP contribution in [0, 0.1) is 25.5 Å². The number of aromatic nitrogens is 4. The van der Waals surface area contributed by atoms with E-state index in [1.807, 2.05) is 38.1 Å². The molecular weight excluding hydrogens is 384 g/mol. The van der Waals surface area contributed by atoms with Gasteiger partial charge in [-0.15, -0.1) is 0 Å². The van der Waals surface area contributed by atoms with Gasteiger partial charge in [0.05, 0.1) is 17.1 Å². The summed E-state index contributed by atoms with van der Waals surface area (Å²) in [5.41, 5.74) is 5.56. The molecule has 0 radical (unpaired) electrons. The molecule has 2 heterocycles. The lowest BCUT2D eigenvalue weighted by molar-refractivity contribution is 0.573. The lowest BCUT2D eigenvalue weighted by Gasteiger charge is -2.07. The quantitative estimate of drug-likeness (QED) is 0.513. The molecule has 5 nitrogen and oxygen atoms in total. The van der Waals surface area contributed by atoms with Crippen LogP contribution in [0.5, 0.6) is 0 Å². The van der Waals surface area contributed by atoms with Crippen LogP contribution < -0.4 is 5.32 Å². The molecule has 2 aromatic heterocycles. The summed E-state index contributed by atoms with van der Waals surface area (Å²) in [6.07, 6.45) is 5.24. The molecule has 0 fully saturated rings. The van der Waals surface area contributed by atoms with Gasteiger partial charge in [0, 0.05) is 48.9 Å². The summed E-state index contributed by atoms with van der Waals surface area (Å²) >= 11 is 0. The van der Waals surface area contributed by atoms with E-state index in [1.165, 1.54) is 16.8 Å². The van der Waals surface area contributed by atoms with Crippen LogP contribution in [0.2, 0.25) is 0 Å². The van der Waals surface area contributed by atoms with Crippen LogP contribution in [-0.2, 0) is 13.1 Å². The summed E-state index contributed by atoms with van der Waals surface area (Å²) in [4.78, 5) is 8.60. The first kappa shape index (κ1) is 19.8. The van der Waals surface area contributed by atoms with Gasteiger partial charge in [-0.05, 0) is 31.5 Å².